The van der Waals surface area contributed by atoms with E-state index in [2.05, 4.69) is 26.0 Å². The number of hydrogen-bond acceptors (Lipinski definition) is 10. The normalized spacial score (nSPS) is 26.3. The highest BCUT2D eigenvalue weighted by molar-refractivity contribution is 7.46. The maximum Gasteiger partial charge on any atom is 0.469 e. The molecule has 0 saturated carbocycles. The Bertz CT molecular complexity index is 1050. The first-order valence-corrected chi connectivity index (χ1v) is 12.9. The number of hydrogen-bond donors (Lipinski definition) is 5. The summed E-state index contributed by atoms with van der Waals surface area (Å²) < 4.78 is 36.0. The van der Waals surface area contributed by atoms with Crippen molar-refractivity contribution in [2.75, 3.05) is 30.7 Å². The van der Waals surface area contributed by atoms with Crippen LogP contribution >= 0.6 is 7.82 Å². The average molecular weight is 502 g/mol. The summed E-state index contributed by atoms with van der Waals surface area (Å²) in [4.78, 5) is 31.3. The molecule has 2 aromatic rings. The van der Waals surface area contributed by atoms with E-state index in [0.29, 0.717) is 23.7 Å². The molecular formula is C19H33N7O7P+. The summed E-state index contributed by atoms with van der Waals surface area (Å²) in [6, 6.07) is 0. The number of imidazole rings is 1. The van der Waals surface area contributed by atoms with Gasteiger partial charge in [0, 0.05) is 6.54 Å². The fourth-order valence-corrected chi connectivity index (χ4v) is 4.66. The van der Waals surface area contributed by atoms with E-state index in [1.54, 1.807) is 18.4 Å². The Balaban J connectivity index is 1.62. The van der Waals surface area contributed by atoms with Crippen LogP contribution in [0.1, 0.15) is 45.8 Å². The van der Waals surface area contributed by atoms with Gasteiger partial charge < -0.3 is 40.8 Å². The molecule has 2 fully saturated rings. The summed E-state index contributed by atoms with van der Waals surface area (Å²) in [7, 11) is -4.70. The number of nitrogens with two attached hydrogens (primary N) is 1. The van der Waals surface area contributed by atoms with Crippen LogP contribution in [-0.4, -0.2) is 73.1 Å². The Morgan fingerprint density at radius 2 is 1.97 bits per heavy atom. The molecule has 0 radical (unpaired) electrons. The van der Waals surface area contributed by atoms with Crippen LogP contribution in [0.15, 0.2) is 6.33 Å². The van der Waals surface area contributed by atoms with Crippen LogP contribution in [0.25, 0.3) is 11.2 Å². The first-order chi connectivity index (χ1) is 16.1. The number of ether oxygens (including phenoxy) is 3. The number of anilines is 2. The Labute approximate surface area is 196 Å². The number of rotatable bonds is 11. The van der Waals surface area contributed by atoms with Crippen molar-refractivity contribution in [1.29, 1.82) is 0 Å². The summed E-state index contributed by atoms with van der Waals surface area (Å²) in [6.45, 7) is 4.75. The topological polar surface area (TPSA) is 204 Å². The number of fused-ring (bicyclic) bond motifs is 2. The van der Waals surface area contributed by atoms with Crippen molar-refractivity contribution in [2.45, 2.75) is 69.9 Å². The second-order valence-corrected chi connectivity index (χ2v) is 10.1. The third kappa shape index (κ3) is 5.50. The highest BCUT2D eigenvalue weighted by Gasteiger charge is 2.57. The van der Waals surface area contributed by atoms with E-state index in [-0.39, 0.29) is 12.4 Å². The first-order valence-electron chi connectivity index (χ1n) is 11.3. The predicted octanol–water partition coefficient (Wildman–Crippen LogP) is 0.150. The molecule has 0 aromatic carbocycles. The molecule has 4 heterocycles. The van der Waals surface area contributed by atoms with Crippen LogP contribution in [0.2, 0.25) is 0 Å². The molecule has 15 heteroatoms. The van der Waals surface area contributed by atoms with Crippen LogP contribution in [-0.2, 0) is 23.3 Å². The van der Waals surface area contributed by atoms with E-state index in [4.69, 9.17) is 34.3 Å². The van der Waals surface area contributed by atoms with E-state index >= 15 is 0 Å². The lowest BCUT2D eigenvalue weighted by atomic mass is 10.1. The van der Waals surface area contributed by atoms with E-state index in [1.807, 2.05) is 0 Å². The predicted molar refractivity (Wildman–Crippen MR) is 120 cm³/mol. The summed E-state index contributed by atoms with van der Waals surface area (Å²) >= 11 is 0. The summed E-state index contributed by atoms with van der Waals surface area (Å²) in [5.74, 6) is -0.223. The van der Waals surface area contributed by atoms with Crippen LogP contribution in [0.5, 0.6) is 0 Å². The molecule has 4 atom stereocenters. The minimum Gasteiger partial charge on any atom is -0.382 e. The number of aromatic nitrogens is 4. The number of quaternary nitrogens is 1. The highest BCUT2D eigenvalue weighted by Crippen LogP contribution is 2.46. The molecule has 0 spiro atoms. The van der Waals surface area contributed by atoms with Crippen LogP contribution in [0, 0.1) is 0 Å². The molecule has 190 valence electrons. The van der Waals surface area contributed by atoms with Gasteiger partial charge in [0.2, 0.25) is 5.95 Å². The second kappa shape index (κ2) is 9.99. The fourth-order valence-electron chi connectivity index (χ4n) is 4.32. The van der Waals surface area contributed by atoms with Crippen molar-refractivity contribution in [3.63, 3.8) is 0 Å². The van der Waals surface area contributed by atoms with E-state index < -0.39 is 38.1 Å². The monoisotopic (exact) mass is 502 g/mol. The van der Waals surface area contributed by atoms with Gasteiger partial charge in [0.05, 0.1) is 13.2 Å². The van der Waals surface area contributed by atoms with Crippen molar-refractivity contribution in [2.24, 2.45) is 0 Å². The minimum absolute atomic E-state index is 0.224. The summed E-state index contributed by atoms with van der Waals surface area (Å²) in [5, 5.41) is 3.34. The lowest BCUT2D eigenvalue weighted by Gasteiger charge is -2.25. The van der Waals surface area contributed by atoms with Gasteiger partial charge in [0.1, 0.15) is 24.6 Å². The zero-order valence-electron chi connectivity index (χ0n) is 19.3. The lowest BCUT2D eigenvalue weighted by Crippen LogP contribution is -2.50. The quantitative estimate of drug-likeness (QED) is 0.206. The Kier molecular flexibility index (Phi) is 7.41. The Morgan fingerprint density at radius 1 is 1.24 bits per heavy atom. The van der Waals surface area contributed by atoms with Gasteiger partial charge in [-0.1, -0.05) is 6.42 Å². The number of unbranched alkanes of at least 4 members (excludes halogenated alkanes) is 3. The molecule has 0 unspecified atom stereocenters. The summed E-state index contributed by atoms with van der Waals surface area (Å²) in [6.07, 6.45) is 2.75. The summed E-state index contributed by atoms with van der Waals surface area (Å²) in [5.41, 5.74) is 10.8. The van der Waals surface area contributed by atoms with Gasteiger partial charge in [-0.05, 0) is 33.1 Å². The smallest absolute Gasteiger partial charge is 0.382 e. The van der Waals surface area contributed by atoms with Crippen molar-refractivity contribution in [3.05, 3.63) is 6.33 Å². The lowest BCUT2D eigenvalue weighted by molar-refractivity contribution is -0.368. The van der Waals surface area contributed by atoms with E-state index in [0.717, 1.165) is 32.2 Å². The zero-order valence-corrected chi connectivity index (χ0v) is 20.2. The minimum atomic E-state index is -4.70. The third-order valence-corrected chi connectivity index (χ3v) is 6.24. The molecule has 2 saturated heterocycles. The van der Waals surface area contributed by atoms with Crippen molar-refractivity contribution < 1.29 is 38.8 Å². The van der Waals surface area contributed by atoms with Crippen LogP contribution in [0.3, 0.4) is 0 Å². The van der Waals surface area contributed by atoms with Gasteiger partial charge in [-0.25, -0.2) is 19.5 Å². The highest BCUT2D eigenvalue weighted by atomic mass is 31.2. The zero-order chi connectivity index (χ0) is 24.5. The maximum absolute atomic E-state index is 11.3. The van der Waals surface area contributed by atoms with E-state index in [1.165, 1.54) is 6.33 Å². The first kappa shape index (κ1) is 25.2. The largest absolute Gasteiger partial charge is 0.469 e. The van der Waals surface area contributed by atoms with Crippen LogP contribution < -0.4 is 16.8 Å². The fraction of sp³-hybridized carbons (Fsp3) is 0.737. The SMILES string of the molecule is CC1(C)O[C@@H]2[C@H](O1)[C@@H](n1c(NCCCCCC[NH3+])nc3c(N)ncnc31)O[C@H]2COP(=O)(O)O. The Hall–Kier alpha value is -1.90. The van der Waals surface area contributed by atoms with Gasteiger partial charge in [-0.15, -0.1) is 0 Å². The van der Waals surface area contributed by atoms with Gasteiger partial charge in [0.25, 0.3) is 0 Å². The molecule has 34 heavy (non-hydrogen) atoms. The van der Waals surface area contributed by atoms with Crippen molar-refractivity contribution in [3.8, 4) is 0 Å². The number of nitrogen functional groups attached to an aromatic ring is 1. The standard InChI is InChI=1S/C19H32N7O7P/c1-19(2)32-13-11(9-30-34(27,28)29)31-17(14(13)33-19)26-16-12(15(21)23-10-24-16)25-18(26)22-8-6-4-3-5-7-20/h10-11,13-14,17H,3-9,20H2,1-2H3,(H,22,25)(H2,21,23,24)(H2,27,28,29)/p+1/t11-,13-,14-,17-/m0/s1. The average Bonchev–Trinajstić information content (AvgIpc) is 3.37. The van der Waals surface area contributed by atoms with E-state index in [9.17, 15) is 4.57 Å². The molecule has 2 aliphatic rings. The molecule has 2 aromatic heterocycles. The number of nitrogens with one attached hydrogen (secondary N) is 1. The molecule has 0 aliphatic carbocycles. The Morgan fingerprint density at radius 3 is 2.71 bits per heavy atom. The molecule has 8 N–H and O–H groups in total. The van der Waals surface area contributed by atoms with Crippen LogP contribution in [0.4, 0.5) is 11.8 Å². The second-order valence-electron chi connectivity index (χ2n) is 8.85. The van der Waals surface area contributed by atoms with Crippen molar-refractivity contribution in [1.82, 2.24) is 19.5 Å². The molecule has 0 bridgehead atoms. The number of nitrogens with zero attached hydrogens (tertiary/aromatic N) is 4. The van der Waals surface area contributed by atoms with Gasteiger partial charge >= 0.3 is 7.82 Å². The van der Waals surface area contributed by atoms with Gasteiger partial charge in [-0.2, -0.15) is 0 Å². The number of phosphoric ester groups is 1. The molecular weight excluding hydrogens is 469 g/mol. The molecule has 0 amide bonds. The molecule has 14 nitrogen and oxygen atoms in total. The molecule has 2 aliphatic heterocycles. The van der Waals surface area contributed by atoms with Gasteiger partial charge in [0.15, 0.2) is 29.0 Å². The van der Waals surface area contributed by atoms with Crippen molar-refractivity contribution >= 4 is 30.8 Å². The molecule has 4 rings (SSSR count). The maximum atomic E-state index is 11.3. The number of phosphoric acid groups is 1. The third-order valence-electron chi connectivity index (χ3n) is 5.75. The van der Waals surface area contributed by atoms with Gasteiger partial charge in [-0.3, -0.25) is 9.09 Å².